The normalized spacial score (nSPS) is 11.5. The summed E-state index contributed by atoms with van der Waals surface area (Å²) in [4.78, 5) is 35.6. The number of carboxylic acid groups (broad SMARTS) is 1. The number of nitrogens with one attached hydrogen (secondary N) is 2. The number of methoxy groups -OCH3 is 1. The third kappa shape index (κ3) is 6.91. The van der Waals surface area contributed by atoms with Crippen LogP contribution in [0.5, 0.6) is 0 Å². The fraction of sp³-hybridized carbons (Fsp3) is 0.192. The Morgan fingerprint density at radius 1 is 0.941 bits per heavy atom. The molecule has 3 aromatic rings. The highest BCUT2D eigenvalue weighted by Crippen LogP contribution is 2.22. The average Bonchev–Trinajstić information content (AvgIpc) is 2.83. The third-order valence-electron chi connectivity index (χ3n) is 5.17. The summed E-state index contributed by atoms with van der Waals surface area (Å²) in [5.41, 5.74) is 4.05. The van der Waals surface area contributed by atoms with E-state index in [1.807, 2.05) is 48.5 Å². The number of rotatable bonds is 10. The van der Waals surface area contributed by atoms with E-state index in [2.05, 4.69) is 10.6 Å². The van der Waals surface area contributed by atoms with Gasteiger partial charge in [-0.25, -0.2) is 4.79 Å². The number of carbonyl (C=O) groups is 3. The van der Waals surface area contributed by atoms with Gasteiger partial charge in [-0.2, -0.15) is 0 Å². The number of amides is 1. The minimum absolute atomic E-state index is 0.104. The summed E-state index contributed by atoms with van der Waals surface area (Å²) in [7, 11) is 1.28. The molecular formula is C26H25ClN2O5. The maximum atomic E-state index is 12.6. The topological polar surface area (TPSA) is 105 Å². The molecule has 3 rings (SSSR count). The Labute approximate surface area is 202 Å². The first kappa shape index (κ1) is 25.0. The van der Waals surface area contributed by atoms with E-state index in [0.717, 1.165) is 22.3 Å². The lowest BCUT2D eigenvalue weighted by Crippen LogP contribution is -2.43. The van der Waals surface area contributed by atoms with Crippen LogP contribution < -0.4 is 10.6 Å². The van der Waals surface area contributed by atoms with Crippen LogP contribution in [-0.4, -0.2) is 42.6 Å². The van der Waals surface area contributed by atoms with Crippen LogP contribution in [0.4, 0.5) is 0 Å². The van der Waals surface area contributed by atoms with Gasteiger partial charge in [0.1, 0.15) is 6.04 Å². The van der Waals surface area contributed by atoms with E-state index in [1.54, 1.807) is 24.3 Å². The van der Waals surface area contributed by atoms with Gasteiger partial charge in [-0.15, -0.1) is 0 Å². The van der Waals surface area contributed by atoms with Gasteiger partial charge in [0, 0.05) is 13.0 Å². The second-order valence-corrected chi connectivity index (χ2v) is 8.03. The molecule has 0 aliphatic carbocycles. The lowest BCUT2D eigenvalue weighted by molar-refractivity contribution is -0.142. The number of benzene rings is 3. The Kier molecular flexibility index (Phi) is 8.79. The molecule has 0 spiro atoms. The van der Waals surface area contributed by atoms with Crippen LogP contribution in [0.15, 0.2) is 72.8 Å². The van der Waals surface area contributed by atoms with E-state index in [1.165, 1.54) is 7.11 Å². The summed E-state index contributed by atoms with van der Waals surface area (Å²) in [6.45, 7) is 0.345. The molecule has 0 saturated heterocycles. The van der Waals surface area contributed by atoms with Crippen molar-refractivity contribution < 1.29 is 24.2 Å². The monoisotopic (exact) mass is 480 g/mol. The first-order chi connectivity index (χ1) is 16.4. The van der Waals surface area contributed by atoms with Crippen molar-refractivity contribution in [1.82, 2.24) is 10.6 Å². The van der Waals surface area contributed by atoms with Crippen LogP contribution in [-0.2, 0) is 27.3 Å². The second-order valence-electron chi connectivity index (χ2n) is 7.63. The van der Waals surface area contributed by atoms with Gasteiger partial charge in [0.25, 0.3) is 5.91 Å². The second kappa shape index (κ2) is 12.0. The Balaban J connectivity index is 1.70. The molecule has 0 radical (unpaired) electrons. The van der Waals surface area contributed by atoms with Gasteiger partial charge in [0.05, 0.1) is 24.2 Å². The fourth-order valence-corrected chi connectivity index (χ4v) is 3.68. The average molecular weight is 481 g/mol. The van der Waals surface area contributed by atoms with Crippen LogP contribution in [0.2, 0.25) is 5.02 Å². The molecule has 0 aliphatic heterocycles. The Bertz CT molecular complexity index is 1160. The molecule has 0 unspecified atom stereocenters. The van der Waals surface area contributed by atoms with E-state index in [0.29, 0.717) is 11.6 Å². The van der Waals surface area contributed by atoms with Gasteiger partial charge in [-0.1, -0.05) is 66.2 Å². The zero-order chi connectivity index (χ0) is 24.5. The molecule has 34 heavy (non-hydrogen) atoms. The number of aliphatic carboxylic acids is 1. The molecule has 0 heterocycles. The van der Waals surface area contributed by atoms with Gasteiger partial charge in [-0.05, 0) is 40.5 Å². The third-order valence-corrected chi connectivity index (χ3v) is 5.50. The zero-order valence-corrected chi connectivity index (χ0v) is 19.3. The minimum Gasteiger partial charge on any atom is -0.480 e. The number of hydrogen-bond donors (Lipinski definition) is 3. The van der Waals surface area contributed by atoms with Crippen molar-refractivity contribution in [3.63, 3.8) is 0 Å². The number of carbonyl (C=O) groups excluding carboxylic acids is 2. The van der Waals surface area contributed by atoms with Crippen LogP contribution in [0.3, 0.4) is 0 Å². The molecule has 0 saturated carbocycles. The van der Waals surface area contributed by atoms with Gasteiger partial charge < -0.3 is 20.5 Å². The number of esters is 1. The number of halogens is 1. The van der Waals surface area contributed by atoms with Crippen molar-refractivity contribution in [2.75, 3.05) is 13.7 Å². The molecule has 0 fully saturated rings. The Morgan fingerprint density at radius 3 is 2.35 bits per heavy atom. The summed E-state index contributed by atoms with van der Waals surface area (Å²) < 4.78 is 4.88. The zero-order valence-electron chi connectivity index (χ0n) is 18.6. The summed E-state index contributed by atoms with van der Waals surface area (Å²) >= 11 is 6.10. The quantitative estimate of drug-likeness (QED) is 0.382. The van der Waals surface area contributed by atoms with Crippen molar-refractivity contribution in [3.05, 3.63) is 94.5 Å². The van der Waals surface area contributed by atoms with Gasteiger partial charge in [0.2, 0.25) is 0 Å². The van der Waals surface area contributed by atoms with Crippen molar-refractivity contribution in [3.8, 4) is 11.1 Å². The van der Waals surface area contributed by atoms with Crippen molar-refractivity contribution in [2.24, 2.45) is 0 Å². The molecule has 7 nitrogen and oxygen atoms in total. The van der Waals surface area contributed by atoms with Crippen LogP contribution in [0, 0.1) is 0 Å². The van der Waals surface area contributed by atoms with E-state index >= 15 is 0 Å². The Morgan fingerprint density at radius 2 is 1.68 bits per heavy atom. The standard InChI is InChI=1S/C26H25ClN2O5/c1-34-26(33)23(29-25(32)21-7-2-3-8-22(21)27)14-17-9-11-19(12-10-17)20-6-4-5-18(13-20)15-28-16-24(30)31/h2-13,23,28H,14-16H2,1H3,(H,29,32)(H,30,31)/t23-/m0/s1. The largest absolute Gasteiger partial charge is 0.480 e. The molecule has 3 N–H and O–H groups in total. The molecule has 0 aliphatic rings. The van der Waals surface area contributed by atoms with E-state index < -0.39 is 23.9 Å². The summed E-state index contributed by atoms with van der Waals surface area (Å²) in [5.74, 6) is -1.91. The summed E-state index contributed by atoms with van der Waals surface area (Å²) in [6, 6.07) is 21.2. The molecule has 0 aromatic heterocycles. The first-order valence-electron chi connectivity index (χ1n) is 10.6. The predicted octanol–water partition coefficient (Wildman–Crippen LogP) is 3.70. The summed E-state index contributed by atoms with van der Waals surface area (Å²) in [5, 5.41) is 14.6. The molecule has 3 aromatic carbocycles. The molecular weight excluding hydrogens is 456 g/mol. The van der Waals surface area contributed by atoms with E-state index in [4.69, 9.17) is 21.4 Å². The molecule has 1 atom stereocenters. The molecule has 8 heteroatoms. The molecule has 176 valence electrons. The van der Waals surface area contributed by atoms with Crippen LogP contribution in [0.1, 0.15) is 21.5 Å². The lowest BCUT2D eigenvalue weighted by atomic mass is 9.99. The van der Waals surface area contributed by atoms with Crippen molar-refractivity contribution >= 4 is 29.4 Å². The highest BCUT2D eigenvalue weighted by atomic mass is 35.5. The number of carboxylic acids is 1. The van der Waals surface area contributed by atoms with Crippen LogP contribution >= 0.6 is 11.6 Å². The lowest BCUT2D eigenvalue weighted by Gasteiger charge is -2.17. The maximum absolute atomic E-state index is 12.6. The molecule has 1 amide bonds. The molecule has 0 bridgehead atoms. The maximum Gasteiger partial charge on any atom is 0.328 e. The van der Waals surface area contributed by atoms with Gasteiger partial charge in [-0.3, -0.25) is 9.59 Å². The van der Waals surface area contributed by atoms with Crippen molar-refractivity contribution in [2.45, 2.75) is 19.0 Å². The summed E-state index contributed by atoms with van der Waals surface area (Å²) in [6.07, 6.45) is 0.252. The number of hydrogen-bond acceptors (Lipinski definition) is 5. The first-order valence-corrected chi connectivity index (χ1v) is 11.0. The van der Waals surface area contributed by atoms with E-state index in [-0.39, 0.29) is 18.5 Å². The highest BCUT2D eigenvalue weighted by molar-refractivity contribution is 6.33. The van der Waals surface area contributed by atoms with Gasteiger partial charge in [0.15, 0.2) is 0 Å². The van der Waals surface area contributed by atoms with Crippen molar-refractivity contribution in [1.29, 1.82) is 0 Å². The predicted molar refractivity (Wildman–Crippen MR) is 130 cm³/mol. The Hall–Kier alpha value is -3.68. The van der Waals surface area contributed by atoms with E-state index in [9.17, 15) is 14.4 Å². The SMILES string of the molecule is COC(=O)[C@H](Cc1ccc(-c2cccc(CNCC(=O)O)c2)cc1)NC(=O)c1ccccc1Cl. The fourth-order valence-electron chi connectivity index (χ4n) is 3.46. The minimum atomic E-state index is -0.903. The van der Waals surface area contributed by atoms with Gasteiger partial charge >= 0.3 is 11.9 Å². The number of ether oxygens (including phenoxy) is 1. The van der Waals surface area contributed by atoms with Crippen LogP contribution in [0.25, 0.3) is 11.1 Å². The highest BCUT2D eigenvalue weighted by Gasteiger charge is 2.23. The smallest absolute Gasteiger partial charge is 0.328 e.